The molecular weight excluding hydrogens is 322 g/mol. The molecule has 5 heteroatoms. The third-order valence-corrected chi connectivity index (χ3v) is 3.81. The van der Waals surface area contributed by atoms with Crippen molar-refractivity contribution >= 4 is 11.6 Å². The van der Waals surface area contributed by atoms with Crippen LogP contribution in [0.5, 0.6) is 0 Å². The first-order chi connectivity index (χ1) is 11.4. The highest BCUT2D eigenvalue weighted by atomic mass is 35.5. The quantitative estimate of drug-likeness (QED) is 0.607. The summed E-state index contributed by atoms with van der Waals surface area (Å²) < 4.78 is 5.45. The number of benzene rings is 1. The zero-order valence-electron chi connectivity index (χ0n) is 14.3. The lowest BCUT2D eigenvalue weighted by atomic mass is 10.1. The van der Waals surface area contributed by atoms with Gasteiger partial charge in [-0.1, -0.05) is 47.8 Å². The van der Waals surface area contributed by atoms with Gasteiger partial charge in [0.1, 0.15) is 5.15 Å². The van der Waals surface area contributed by atoms with E-state index in [4.69, 9.17) is 16.1 Å². The Hall–Kier alpha value is -2.20. The van der Waals surface area contributed by atoms with Crippen molar-refractivity contribution in [3.63, 3.8) is 0 Å². The van der Waals surface area contributed by atoms with E-state index in [0.29, 0.717) is 22.8 Å². The van der Waals surface area contributed by atoms with Crippen LogP contribution in [0, 0.1) is 19.8 Å². The van der Waals surface area contributed by atoms with Gasteiger partial charge in [-0.05, 0) is 50.5 Å². The lowest BCUT2D eigenvalue weighted by Gasteiger charge is -2.05. The number of rotatable bonds is 4. The minimum Gasteiger partial charge on any atom is -0.334 e. The van der Waals surface area contributed by atoms with Crippen molar-refractivity contribution in [2.24, 2.45) is 5.92 Å². The van der Waals surface area contributed by atoms with Crippen molar-refractivity contribution < 1.29 is 4.52 Å². The second-order valence-corrected chi connectivity index (χ2v) is 6.95. The maximum atomic E-state index is 6.15. The Balaban J connectivity index is 1.97. The molecule has 1 aromatic carbocycles. The van der Waals surface area contributed by atoms with Gasteiger partial charge in [-0.2, -0.15) is 4.98 Å². The molecule has 0 aliphatic carbocycles. The third-order valence-electron chi connectivity index (χ3n) is 3.62. The fourth-order valence-electron chi connectivity index (χ4n) is 2.76. The summed E-state index contributed by atoms with van der Waals surface area (Å²) in [5, 5.41) is 4.55. The van der Waals surface area contributed by atoms with E-state index in [-0.39, 0.29) is 0 Å². The highest BCUT2D eigenvalue weighted by molar-refractivity contribution is 6.29. The maximum absolute atomic E-state index is 6.15. The van der Waals surface area contributed by atoms with Crippen molar-refractivity contribution in [3.8, 4) is 22.8 Å². The Labute approximate surface area is 146 Å². The van der Waals surface area contributed by atoms with Gasteiger partial charge >= 0.3 is 0 Å². The number of hydrogen-bond donors (Lipinski definition) is 0. The number of halogens is 1. The largest absolute Gasteiger partial charge is 0.334 e. The van der Waals surface area contributed by atoms with E-state index in [9.17, 15) is 0 Å². The Morgan fingerprint density at radius 3 is 2.33 bits per heavy atom. The molecule has 0 aliphatic heterocycles. The normalized spacial score (nSPS) is 11.2. The topological polar surface area (TPSA) is 51.8 Å². The second kappa shape index (κ2) is 6.73. The van der Waals surface area contributed by atoms with Crippen molar-refractivity contribution in [1.82, 2.24) is 15.1 Å². The standard InChI is InChI=1S/C19H20ClN3O/c1-11(2)5-16-9-15(10-17(20)21-16)19-22-18(23-24-19)14-7-12(3)6-13(4)8-14/h6-11H,5H2,1-4H3. The van der Waals surface area contributed by atoms with Crippen LogP contribution in [0.25, 0.3) is 22.8 Å². The molecule has 0 N–H and O–H groups in total. The summed E-state index contributed by atoms with van der Waals surface area (Å²) >= 11 is 6.15. The molecule has 3 rings (SSSR count). The molecule has 2 aromatic heterocycles. The summed E-state index contributed by atoms with van der Waals surface area (Å²) in [4.78, 5) is 8.89. The molecule has 3 aromatic rings. The van der Waals surface area contributed by atoms with Crippen LogP contribution in [-0.2, 0) is 6.42 Å². The van der Waals surface area contributed by atoms with Gasteiger partial charge < -0.3 is 4.52 Å². The fraction of sp³-hybridized carbons (Fsp3) is 0.316. The number of aromatic nitrogens is 3. The van der Waals surface area contributed by atoms with Crippen molar-refractivity contribution in [1.29, 1.82) is 0 Å². The van der Waals surface area contributed by atoms with E-state index < -0.39 is 0 Å². The smallest absolute Gasteiger partial charge is 0.258 e. The molecule has 0 atom stereocenters. The Morgan fingerprint density at radius 2 is 1.67 bits per heavy atom. The molecule has 0 saturated carbocycles. The molecular formula is C19H20ClN3O. The SMILES string of the molecule is Cc1cc(C)cc(-c2noc(-c3cc(Cl)nc(CC(C)C)c3)n2)c1. The van der Waals surface area contributed by atoms with Gasteiger partial charge in [-0.3, -0.25) is 0 Å². The zero-order chi connectivity index (χ0) is 17.3. The summed E-state index contributed by atoms with van der Waals surface area (Å²) in [6.07, 6.45) is 0.853. The predicted molar refractivity (Wildman–Crippen MR) is 96.0 cm³/mol. The van der Waals surface area contributed by atoms with Crippen molar-refractivity contribution in [3.05, 3.63) is 52.3 Å². The molecule has 0 spiro atoms. The number of pyridine rings is 1. The molecule has 0 aliphatic rings. The van der Waals surface area contributed by atoms with Crippen LogP contribution in [0.3, 0.4) is 0 Å². The highest BCUT2D eigenvalue weighted by Gasteiger charge is 2.14. The van der Waals surface area contributed by atoms with Gasteiger partial charge in [0.05, 0.1) is 0 Å². The summed E-state index contributed by atoms with van der Waals surface area (Å²) in [5.41, 5.74) is 5.02. The first kappa shape index (κ1) is 16.7. The van der Waals surface area contributed by atoms with Gasteiger partial charge in [-0.25, -0.2) is 4.98 Å². The molecule has 124 valence electrons. The number of nitrogens with zero attached hydrogens (tertiary/aromatic N) is 3. The Kier molecular flexibility index (Phi) is 4.67. The summed E-state index contributed by atoms with van der Waals surface area (Å²) in [5.74, 6) is 1.53. The summed E-state index contributed by atoms with van der Waals surface area (Å²) in [7, 11) is 0. The molecule has 0 radical (unpaired) electrons. The first-order valence-corrected chi connectivity index (χ1v) is 8.37. The van der Waals surface area contributed by atoms with E-state index in [1.807, 2.05) is 18.2 Å². The third kappa shape index (κ3) is 3.82. The zero-order valence-corrected chi connectivity index (χ0v) is 15.1. The lowest BCUT2D eigenvalue weighted by Crippen LogP contribution is -1.98. The average Bonchev–Trinajstić information content (AvgIpc) is 2.94. The van der Waals surface area contributed by atoms with Crippen LogP contribution < -0.4 is 0 Å². The maximum Gasteiger partial charge on any atom is 0.258 e. The van der Waals surface area contributed by atoms with Gasteiger partial charge in [0.15, 0.2) is 0 Å². The summed E-state index contributed by atoms with van der Waals surface area (Å²) in [6, 6.07) is 9.93. The first-order valence-electron chi connectivity index (χ1n) is 8.00. The molecule has 0 bridgehead atoms. The minimum absolute atomic E-state index is 0.439. The van der Waals surface area contributed by atoms with Crippen LogP contribution >= 0.6 is 11.6 Å². The van der Waals surface area contributed by atoms with Crippen molar-refractivity contribution in [2.75, 3.05) is 0 Å². The molecule has 0 fully saturated rings. The van der Waals surface area contributed by atoms with E-state index in [2.05, 4.69) is 48.9 Å². The Morgan fingerprint density at radius 1 is 0.958 bits per heavy atom. The molecule has 24 heavy (non-hydrogen) atoms. The monoisotopic (exact) mass is 341 g/mol. The molecule has 0 saturated heterocycles. The average molecular weight is 342 g/mol. The van der Waals surface area contributed by atoms with Crippen LogP contribution in [0.1, 0.15) is 30.7 Å². The minimum atomic E-state index is 0.439. The lowest BCUT2D eigenvalue weighted by molar-refractivity contribution is 0.432. The summed E-state index contributed by atoms with van der Waals surface area (Å²) in [6.45, 7) is 8.40. The van der Waals surface area contributed by atoms with Crippen LogP contribution in [0.2, 0.25) is 5.15 Å². The van der Waals surface area contributed by atoms with E-state index in [0.717, 1.165) is 23.2 Å². The van der Waals surface area contributed by atoms with Gasteiger partial charge in [0, 0.05) is 16.8 Å². The molecule has 0 amide bonds. The van der Waals surface area contributed by atoms with Crippen LogP contribution in [0.4, 0.5) is 0 Å². The van der Waals surface area contributed by atoms with E-state index in [1.165, 1.54) is 11.1 Å². The second-order valence-electron chi connectivity index (χ2n) is 6.57. The number of aryl methyl sites for hydroxylation is 2. The van der Waals surface area contributed by atoms with Crippen LogP contribution in [0.15, 0.2) is 34.9 Å². The predicted octanol–water partition coefficient (Wildman–Crippen LogP) is 5.27. The highest BCUT2D eigenvalue weighted by Crippen LogP contribution is 2.26. The molecule has 4 nitrogen and oxygen atoms in total. The van der Waals surface area contributed by atoms with Crippen molar-refractivity contribution in [2.45, 2.75) is 34.1 Å². The van der Waals surface area contributed by atoms with E-state index in [1.54, 1.807) is 6.07 Å². The fourth-order valence-corrected chi connectivity index (χ4v) is 2.99. The number of hydrogen-bond acceptors (Lipinski definition) is 4. The van der Waals surface area contributed by atoms with E-state index >= 15 is 0 Å². The Bertz CT molecular complexity index is 851. The van der Waals surface area contributed by atoms with Gasteiger partial charge in [-0.15, -0.1) is 0 Å². The van der Waals surface area contributed by atoms with Gasteiger partial charge in [0.2, 0.25) is 5.82 Å². The molecule has 0 unspecified atom stereocenters. The van der Waals surface area contributed by atoms with Gasteiger partial charge in [0.25, 0.3) is 5.89 Å². The van der Waals surface area contributed by atoms with Crippen LogP contribution in [-0.4, -0.2) is 15.1 Å². The molecule has 2 heterocycles.